The van der Waals surface area contributed by atoms with Crippen LogP contribution in [0.15, 0.2) is 23.5 Å². The Morgan fingerprint density at radius 1 is 1.50 bits per heavy atom. The Morgan fingerprint density at radius 2 is 2.25 bits per heavy atom. The molecule has 1 N–H and O–H groups in total. The quantitative estimate of drug-likeness (QED) is 0.500. The van der Waals surface area contributed by atoms with Gasteiger partial charge in [0.05, 0.1) is 0 Å². The molecule has 0 aromatic heterocycles. The van der Waals surface area contributed by atoms with Crippen LogP contribution in [0, 0.1) is 0 Å². The van der Waals surface area contributed by atoms with E-state index in [1.54, 1.807) is 0 Å². The number of allylic oxidation sites excluding steroid dienone is 3. The molecular formula is C7H11N. The summed E-state index contributed by atoms with van der Waals surface area (Å²) in [5.41, 5.74) is 2.66. The topological polar surface area (TPSA) is 12.0 Å². The SMILES string of the molecule is CC1=CNC(C)=CC1. The van der Waals surface area contributed by atoms with E-state index >= 15 is 0 Å². The summed E-state index contributed by atoms with van der Waals surface area (Å²) in [5.74, 6) is 0. The average Bonchev–Trinajstić information content (AvgIpc) is 1.77. The van der Waals surface area contributed by atoms with Crippen LogP contribution in [0.25, 0.3) is 0 Å². The highest BCUT2D eigenvalue weighted by Crippen LogP contribution is 2.06. The molecule has 1 heteroatoms. The summed E-state index contributed by atoms with van der Waals surface area (Å²) in [6.07, 6.45) is 5.35. The van der Waals surface area contributed by atoms with Gasteiger partial charge in [0.1, 0.15) is 0 Å². The van der Waals surface area contributed by atoms with Crippen molar-refractivity contribution in [3.05, 3.63) is 23.5 Å². The number of hydrogen-bond acceptors (Lipinski definition) is 1. The largest absolute Gasteiger partial charge is 0.366 e. The van der Waals surface area contributed by atoms with Crippen LogP contribution in [-0.2, 0) is 0 Å². The van der Waals surface area contributed by atoms with E-state index in [1.807, 2.05) is 0 Å². The minimum absolute atomic E-state index is 1.11. The lowest BCUT2D eigenvalue weighted by Crippen LogP contribution is -2.05. The van der Waals surface area contributed by atoms with Gasteiger partial charge in [-0.25, -0.2) is 0 Å². The van der Waals surface area contributed by atoms with Gasteiger partial charge < -0.3 is 5.32 Å². The molecule has 1 aliphatic heterocycles. The zero-order chi connectivity index (χ0) is 5.98. The van der Waals surface area contributed by atoms with Crippen molar-refractivity contribution in [1.82, 2.24) is 5.32 Å². The molecule has 0 aromatic carbocycles. The molecule has 0 unspecified atom stereocenters. The standard InChI is InChI=1S/C7H11N/c1-6-3-4-7(2)8-5-6/h4-5,8H,3H2,1-2H3. The Balaban J connectivity index is 2.54. The fraction of sp³-hybridized carbons (Fsp3) is 0.429. The summed E-state index contributed by atoms with van der Waals surface area (Å²) >= 11 is 0. The molecule has 1 nitrogen and oxygen atoms in total. The third-order valence-corrected chi connectivity index (χ3v) is 1.28. The lowest BCUT2D eigenvalue weighted by molar-refractivity contribution is 0.957. The van der Waals surface area contributed by atoms with E-state index in [-0.39, 0.29) is 0 Å². The van der Waals surface area contributed by atoms with E-state index < -0.39 is 0 Å². The highest BCUT2D eigenvalue weighted by molar-refractivity contribution is 5.15. The molecule has 44 valence electrons. The highest BCUT2D eigenvalue weighted by Gasteiger charge is 1.93. The summed E-state index contributed by atoms with van der Waals surface area (Å²) in [6.45, 7) is 4.19. The third kappa shape index (κ3) is 1.12. The first-order valence-electron chi connectivity index (χ1n) is 2.88. The van der Waals surface area contributed by atoms with Crippen LogP contribution in [0.2, 0.25) is 0 Å². The van der Waals surface area contributed by atoms with Crippen LogP contribution in [0.3, 0.4) is 0 Å². The first kappa shape index (κ1) is 5.42. The molecule has 0 amide bonds. The maximum absolute atomic E-state index is 3.13. The molecule has 0 atom stereocenters. The van der Waals surface area contributed by atoms with E-state index in [2.05, 4.69) is 31.4 Å². The van der Waals surface area contributed by atoms with Crippen molar-refractivity contribution >= 4 is 0 Å². The fourth-order valence-electron chi connectivity index (χ4n) is 0.669. The van der Waals surface area contributed by atoms with Gasteiger partial charge in [-0.2, -0.15) is 0 Å². The minimum Gasteiger partial charge on any atom is -0.366 e. The van der Waals surface area contributed by atoms with Gasteiger partial charge in [0, 0.05) is 5.70 Å². The van der Waals surface area contributed by atoms with E-state index in [1.165, 1.54) is 11.3 Å². The van der Waals surface area contributed by atoms with Crippen molar-refractivity contribution in [2.75, 3.05) is 0 Å². The first-order valence-corrected chi connectivity index (χ1v) is 2.88. The van der Waals surface area contributed by atoms with E-state index in [0.717, 1.165) is 6.42 Å². The monoisotopic (exact) mass is 109 g/mol. The second-order valence-electron chi connectivity index (χ2n) is 2.23. The Labute approximate surface area is 50.1 Å². The molecule has 0 radical (unpaired) electrons. The van der Waals surface area contributed by atoms with E-state index in [9.17, 15) is 0 Å². The van der Waals surface area contributed by atoms with Gasteiger partial charge >= 0.3 is 0 Å². The van der Waals surface area contributed by atoms with Crippen LogP contribution >= 0.6 is 0 Å². The molecular weight excluding hydrogens is 98.1 g/mol. The Hall–Kier alpha value is -0.720. The minimum atomic E-state index is 1.11. The van der Waals surface area contributed by atoms with Crippen molar-refractivity contribution in [2.45, 2.75) is 20.3 Å². The fourth-order valence-corrected chi connectivity index (χ4v) is 0.669. The van der Waals surface area contributed by atoms with Crippen LogP contribution in [0.5, 0.6) is 0 Å². The molecule has 0 saturated heterocycles. The average molecular weight is 109 g/mol. The van der Waals surface area contributed by atoms with Crippen molar-refractivity contribution in [3.63, 3.8) is 0 Å². The Bertz CT molecular complexity index is 124. The Morgan fingerprint density at radius 3 is 2.62 bits per heavy atom. The number of rotatable bonds is 0. The second kappa shape index (κ2) is 2.03. The first-order chi connectivity index (χ1) is 3.79. The van der Waals surface area contributed by atoms with Crippen LogP contribution in [0.1, 0.15) is 20.3 Å². The van der Waals surface area contributed by atoms with E-state index in [0.29, 0.717) is 0 Å². The molecule has 8 heavy (non-hydrogen) atoms. The van der Waals surface area contributed by atoms with Crippen LogP contribution in [-0.4, -0.2) is 0 Å². The smallest absolute Gasteiger partial charge is 0.00775 e. The molecule has 0 fully saturated rings. The number of dihydropyridines is 1. The molecule has 1 heterocycles. The van der Waals surface area contributed by atoms with Crippen molar-refractivity contribution in [1.29, 1.82) is 0 Å². The maximum atomic E-state index is 3.13. The molecule has 0 aromatic rings. The van der Waals surface area contributed by atoms with E-state index in [4.69, 9.17) is 0 Å². The van der Waals surface area contributed by atoms with Gasteiger partial charge in [-0.15, -0.1) is 0 Å². The highest BCUT2D eigenvalue weighted by atomic mass is 14.8. The predicted molar refractivity (Wildman–Crippen MR) is 35.3 cm³/mol. The normalized spacial score (nSPS) is 18.8. The molecule has 1 rings (SSSR count). The number of hydrogen-bond donors (Lipinski definition) is 1. The van der Waals surface area contributed by atoms with Crippen molar-refractivity contribution < 1.29 is 0 Å². The zero-order valence-electron chi connectivity index (χ0n) is 5.36. The summed E-state index contributed by atoms with van der Waals surface area (Å²) in [4.78, 5) is 0. The molecule has 1 aliphatic rings. The summed E-state index contributed by atoms with van der Waals surface area (Å²) in [6, 6.07) is 0. The Kier molecular flexibility index (Phi) is 1.38. The van der Waals surface area contributed by atoms with Gasteiger partial charge in [-0.1, -0.05) is 11.6 Å². The van der Waals surface area contributed by atoms with Crippen LogP contribution < -0.4 is 5.32 Å². The number of nitrogens with one attached hydrogen (secondary N) is 1. The van der Waals surface area contributed by atoms with Crippen molar-refractivity contribution in [2.24, 2.45) is 0 Å². The lowest BCUT2D eigenvalue weighted by Gasteiger charge is -2.07. The molecule has 0 aliphatic carbocycles. The van der Waals surface area contributed by atoms with Crippen LogP contribution in [0.4, 0.5) is 0 Å². The predicted octanol–water partition coefficient (Wildman–Crippen LogP) is 1.79. The van der Waals surface area contributed by atoms with Gasteiger partial charge in [0.25, 0.3) is 0 Å². The second-order valence-corrected chi connectivity index (χ2v) is 2.23. The summed E-state index contributed by atoms with van der Waals surface area (Å²) < 4.78 is 0. The maximum Gasteiger partial charge on any atom is 0.00775 e. The van der Waals surface area contributed by atoms with Gasteiger partial charge in [0.15, 0.2) is 0 Å². The lowest BCUT2D eigenvalue weighted by atomic mass is 10.2. The van der Waals surface area contributed by atoms with Crippen molar-refractivity contribution in [3.8, 4) is 0 Å². The molecule has 0 saturated carbocycles. The van der Waals surface area contributed by atoms with Gasteiger partial charge in [-0.05, 0) is 26.5 Å². The molecule has 0 bridgehead atoms. The van der Waals surface area contributed by atoms with Gasteiger partial charge in [-0.3, -0.25) is 0 Å². The van der Waals surface area contributed by atoms with Gasteiger partial charge in [0.2, 0.25) is 0 Å². The third-order valence-electron chi connectivity index (χ3n) is 1.28. The summed E-state index contributed by atoms with van der Waals surface area (Å²) in [5, 5.41) is 3.13. The zero-order valence-corrected chi connectivity index (χ0v) is 5.36. The summed E-state index contributed by atoms with van der Waals surface area (Å²) in [7, 11) is 0. The molecule has 0 spiro atoms.